The first kappa shape index (κ1) is 14.5. The van der Waals surface area contributed by atoms with E-state index in [1.54, 1.807) is 0 Å². The summed E-state index contributed by atoms with van der Waals surface area (Å²) >= 11 is 0. The lowest BCUT2D eigenvalue weighted by Gasteiger charge is -2.36. The van der Waals surface area contributed by atoms with Crippen LogP contribution in [0.2, 0.25) is 0 Å². The van der Waals surface area contributed by atoms with Gasteiger partial charge in [-0.05, 0) is 25.5 Å². The quantitative estimate of drug-likeness (QED) is 0.852. The lowest BCUT2D eigenvalue weighted by atomic mass is 10.1. The number of morpholine rings is 1. The minimum atomic E-state index is 0.418. The van der Waals surface area contributed by atoms with Crippen molar-refractivity contribution in [3.8, 4) is 0 Å². The van der Waals surface area contributed by atoms with Crippen molar-refractivity contribution in [3.05, 3.63) is 35.9 Å². The summed E-state index contributed by atoms with van der Waals surface area (Å²) in [6, 6.07) is 11.7. The van der Waals surface area contributed by atoms with Crippen molar-refractivity contribution in [2.24, 2.45) is 0 Å². The van der Waals surface area contributed by atoms with Crippen LogP contribution in [0, 0.1) is 0 Å². The first-order valence-corrected chi connectivity index (χ1v) is 7.41. The van der Waals surface area contributed by atoms with Crippen molar-refractivity contribution < 1.29 is 4.74 Å². The first-order valence-electron chi connectivity index (χ1n) is 7.41. The molecular formula is C16H26N2O. The van der Waals surface area contributed by atoms with Crippen molar-refractivity contribution in [1.82, 2.24) is 10.2 Å². The van der Waals surface area contributed by atoms with Gasteiger partial charge in [0.2, 0.25) is 0 Å². The van der Waals surface area contributed by atoms with Gasteiger partial charge in [0.1, 0.15) is 0 Å². The number of nitrogens with zero attached hydrogens (tertiary/aromatic N) is 1. The van der Waals surface area contributed by atoms with Crippen LogP contribution in [0.3, 0.4) is 0 Å². The Labute approximate surface area is 116 Å². The second-order valence-corrected chi connectivity index (χ2v) is 5.34. The fourth-order valence-corrected chi connectivity index (χ4v) is 2.56. The molecular weight excluding hydrogens is 236 g/mol. The van der Waals surface area contributed by atoms with Gasteiger partial charge in [0.15, 0.2) is 0 Å². The lowest BCUT2D eigenvalue weighted by molar-refractivity contribution is -0.00448. The highest BCUT2D eigenvalue weighted by atomic mass is 16.5. The van der Waals surface area contributed by atoms with Gasteiger partial charge in [-0.1, -0.05) is 37.3 Å². The summed E-state index contributed by atoms with van der Waals surface area (Å²) in [5.74, 6) is 0. The highest BCUT2D eigenvalue weighted by molar-refractivity contribution is 5.19. The van der Waals surface area contributed by atoms with Gasteiger partial charge in [-0.2, -0.15) is 0 Å². The Morgan fingerprint density at radius 2 is 2.16 bits per heavy atom. The van der Waals surface area contributed by atoms with Gasteiger partial charge in [-0.3, -0.25) is 4.90 Å². The van der Waals surface area contributed by atoms with Gasteiger partial charge in [0.25, 0.3) is 0 Å². The lowest BCUT2D eigenvalue weighted by Crippen LogP contribution is -2.47. The van der Waals surface area contributed by atoms with Crippen LogP contribution in [0.1, 0.15) is 31.9 Å². The molecule has 0 aromatic heterocycles. The third kappa shape index (κ3) is 4.30. The Balaban J connectivity index is 2.01. The smallest absolute Gasteiger partial charge is 0.0619 e. The molecule has 0 saturated carbocycles. The van der Waals surface area contributed by atoms with Crippen molar-refractivity contribution >= 4 is 0 Å². The predicted octanol–water partition coefficient (Wildman–Crippen LogP) is 2.45. The Hall–Kier alpha value is -0.900. The molecule has 0 spiro atoms. The van der Waals surface area contributed by atoms with E-state index in [1.165, 1.54) is 12.0 Å². The van der Waals surface area contributed by atoms with E-state index >= 15 is 0 Å². The average molecular weight is 262 g/mol. The Kier molecular flexibility index (Phi) is 5.83. The topological polar surface area (TPSA) is 24.5 Å². The number of benzene rings is 1. The summed E-state index contributed by atoms with van der Waals surface area (Å²) in [6.07, 6.45) is 1.17. The molecule has 0 bridgehead atoms. The normalized spacial score (nSPS) is 22.3. The van der Waals surface area contributed by atoms with E-state index < -0.39 is 0 Å². The monoisotopic (exact) mass is 262 g/mol. The van der Waals surface area contributed by atoms with E-state index in [1.807, 2.05) is 0 Å². The summed E-state index contributed by atoms with van der Waals surface area (Å²) < 4.78 is 5.52. The maximum atomic E-state index is 5.52. The van der Waals surface area contributed by atoms with E-state index in [-0.39, 0.29) is 0 Å². The summed E-state index contributed by atoms with van der Waals surface area (Å²) in [7, 11) is 0. The molecule has 1 N–H and O–H groups in total. The molecule has 0 amide bonds. The average Bonchev–Trinajstić information content (AvgIpc) is 2.46. The minimum absolute atomic E-state index is 0.418. The summed E-state index contributed by atoms with van der Waals surface area (Å²) in [4.78, 5) is 2.53. The molecule has 2 unspecified atom stereocenters. The number of ether oxygens (including phenoxy) is 1. The van der Waals surface area contributed by atoms with E-state index in [0.29, 0.717) is 12.1 Å². The van der Waals surface area contributed by atoms with Crippen molar-refractivity contribution in [2.75, 3.05) is 32.8 Å². The van der Waals surface area contributed by atoms with E-state index in [9.17, 15) is 0 Å². The summed E-state index contributed by atoms with van der Waals surface area (Å²) in [5, 5.41) is 3.67. The fourth-order valence-electron chi connectivity index (χ4n) is 2.56. The van der Waals surface area contributed by atoms with E-state index in [4.69, 9.17) is 4.74 Å². The SMILES string of the molecule is CCCNC(CN1CCOCC1C)c1ccccc1. The predicted molar refractivity (Wildman–Crippen MR) is 79.3 cm³/mol. The zero-order chi connectivity index (χ0) is 13.5. The summed E-state index contributed by atoms with van der Waals surface area (Å²) in [5.41, 5.74) is 1.38. The van der Waals surface area contributed by atoms with Crippen LogP contribution in [-0.2, 0) is 4.74 Å². The minimum Gasteiger partial charge on any atom is -0.379 e. The molecule has 2 atom stereocenters. The van der Waals surface area contributed by atoms with Crippen LogP contribution < -0.4 is 5.32 Å². The van der Waals surface area contributed by atoms with Gasteiger partial charge in [-0.15, -0.1) is 0 Å². The largest absolute Gasteiger partial charge is 0.379 e. The molecule has 1 aliphatic rings. The number of hydrogen-bond acceptors (Lipinski definition) is 3. The molecule has 1 heterocycles. The Bertz CT molecular complexity index is 355. The number of rotatable bonds is 6. The molecule has 3 nitrogen and oxygen atoms in total. The molecule has 1 aliphatic heterocycles. The molecule has 1 saturated heterocycles. The molecule has 1 aromatic carbocycles. The fraction of sp³-hybridized carbons (Fsp3) is 0.625. The molecule has 1 aromatic rings. The van der Waals surface area contributed by atoms with Crippen LogP contribution in [-0.4, -0.2) is 43.8 Å². The second-order valence-electron chi connectivity index (χ2n) is 5.34. The molecule has 1 fully saturated rings. The molecule has 106 valence electrons. The van der Waals surface area contributed by atoms with Crippen molar-refractivity contribution in [3.63, 3.8) is 0 Å². The highest BCUT2D eigenvalue weighted by Crippen LogP contribution is 2.17. The molecule has 0 radical (unpaired) electrons. The van der Waals surface area contributed by atoms with Crippen LogP contribution in [0.5, 0.6) is 0 Å². The third-order valence-corrected chi connectivity index (χ3v) is 3.77. The van der Waals surface area contributed by atoms with Crippen LogP contribution in [0.25, 0.3) is 0 Å². The van der Waals surface area contributed by atoms with Crippen molar-refractivity contribution in [2.45, 2.75) is 32.4 Å². The maximum absolute atomic E-state index is 5.52. The standard InChI is InChI=1S/C16H26N2O/c1-3-9-17-16(15-7-5-4-6-8-15)12-18-10-11-19-13-14(18)2/h4-8,14,16-17H,3,9-13H2,1-2H3. The van der Waals surface area contributed by atoms with Gasteiger partial charge >= 0.3 is 0 Å². The number of nitrogens with one attached hydrogen (secondary N) is 1. The van der Waals surface area contributed by atoms with Gasteiger partial charge in [0.05, 0.1) is 13.2 Å². The van der Waals surface area contributed by atoms with Crippen LogP contribution >= 0.6 is 0 Å². The van der Waals surface area contributed by atoms with Crippen LogP contribution in [0.15, 0.2) is 30.3 Å². The van der Waals surface area contributed by atoms with Gasteiger partial charge in [0, 0.05) is 25.2 Å². The Morgan fingerprint density at radius 3 is 2.84 bits per heavy atom. The van der Waals surface area contributed by atoms with Gasteiger partial charge in [-0.25, -0.2) is 0 Å². The molecule has 2 rings (SSSR count). The zero-order valence-electron chi connectivity index (χ0n) is 12.1. The molecule has 3 heteroatoms. The zero-order valence-corrected chi connectivity index (χ0v) is 12.1. The highest BCUT2D eigenvalue weighted by Gasteiger charge is 2.22. The van der Waals surface area contributed by atoms with Gasteiger partial charge < -0.3 is 10.1 Å². The van der Waals surface area contributed by atoms with Crippen molar-refractivity contribution in [1.29, 1.82) is 0 Å². The Morgan fingerprint density at radius 1 is 1.37 bits per heavy atom. The first-order chi connectivity index (χ1) is 9.31. The third-order valence-electron chi connectivity index (χ3n) is 3.77. The number of hydrogen-bond donors (Lipinski definition) is 1. The summed E-state index contributed by atoms with van der Waals surface area (Å²) in [6.45, 7) is 9.35. The maximum Gasteiger partial charge on any atom is 0.0619 e. The molecule has 0 aliphatic carbocycles. The van der Waals surface area contributed by atoms with E-state index in [2.05, 4.69) is 54.4 Å². The van der Waals surface area contributed by atoms with E-state index in [0.717, 1.165) is 32.8 Å². The second kappa shape index (κ2) is 7.63. The van der Waals surface area contributed by atoms with Crippen LogP contribution in [0.4, 0.5) is 0 Å². The molecule has 19 heavy (non-hydrogen) atoms.